The molecule has 0 aliphatic carbocycles. The van der Waals surface area contributed by atoms with E-state index < -0.39 is 5.97 Å². The van der Waals surface area contributed by atoms with E-state index >= 15 is 0 Å². The van der Waals surface area contributed by atoms with E-state index in [9.17, 15) is 4.79 Å². The topological polar surface area (TPSA) is 53.1 Å². The van der Waals surface area contributed by atoms with Crippen molar-refractivity contribution < 1.29 is 9.90 Å². The fourth-order valence-electron chi connectivity index (χ4n) is 1.71. The molecule has 3 nitrogen and oxygen atoms in total. The van der Waals surface area contributed by atoms with Crippen molar-refractivity contribution >= 4 is 34.0 Å². The molecule has 0 saturated carbocycles. The number of halogens is 1. The fraction of sp³-hybridized carbons (Fsp3) is 0.0833. The minimum Gasteiger partial charge on any atom is -0.478 e. The van der Waals surface area contributed by atoms with Gasteiger partial charge in [0, 0.05) is 23.2 Å². The molecule has 2 N–H and O–H groups in total. The number of aromatic amines is 1. The Bertz CT molecular complexity index is 584. The van der Waals surface area contributed by atoms with Gasteiger partial charge in [-0.2, -0.15) is 0 Å². The summed E-state index contributed by atoms with van der Waals surface area (Å²) in [6.07, 6.45) is 2.95. The minimum atomic E-state index is -0.950. The van der Waals surface area contributed by atoms with Crippen LogP contribution in [-0.2, 0) is 4.79 Å². The normalized spacial score (nSPS) is 12.0. The molecule has 0 radical (unpaired) electrons. The van der Waals surface area contributed by atoms with Gasteiger partial charge in [-0.1, -0.05) is 23.7 Å². The maximum atomic E-state index is 10.6. The highest BCUT2D eigenvalue weighted by molar-refractivity contribution is 6.35. The van der Waals surface area contributed by atoms with Crippen LogP contribution in [-0.4, -0.2) is 16.1 Å². The third-order valence-electron chi connectivity index (χ3n) is 2.43. The van der Waals surface area contributed by atoms with Gasteiger partial charge in [0.15, 0.2) is 0 Å². The summed E-state index contributed by atoms with van der Waals surface area (Å²) in [7, 11) is 0. The highest BCUT2D eigenvalue weighted by Gasteiger charge is 2.08. The van der Waals surface area contributed by atoms with Crippen molar-refractivity contribution in [2.45, 2.75) is 6.92 Å². The van der Waals surface area contributed by atoms with E-state index in [4.69, 9.17) is 16.7 Å². The Morgan fingerprint density at radius 3 is 2.94 bits per heavy atom. The van der Waals surface area contributed by atoms with Crippen LogP contribution in [0.3, 0.4) is 0 Å². The fourth-order valence-corrected chi connectivity index (χ4v) is 1.94. The van der Waals surface area contributed by atoms with E-state index in [-0.39, 0.29) is 0 Å². The summed E-state index contributed by atoms with van der Waals surface area (Å²) in [5, 5.41) is 10.3. The average molecular weight is 236 g/mol. The summed E-state index contributed by atoms with van der Waals surface area (Å²) >= 11 is 6.01. The van der Waals surface area contributed by atoms with Gasteiger partial charge in [0.1, 0.15) is 0 Å². The minimum absolute atomic E-state index is 0.631. The van der Waals surface area contributed by atoms with Gasteiger partial charge in [-0.25, -0.2) is 4.79 Å². The van der Waals surface area contributed by atoms with Gasteiger partial charge in [-0.3, -0.25) is 0 Å². The average Bonchev–Trinajstić information content (AvgIpc) is 2.61. The molecule has 82 valence electrons. The Balaban J connectivity index is 2.63. The quantitative estimate of drug-likeness (QED) is 0.785. The summed E-state index contributed by atoms with van der Waals surface area (Å²) in [5.74, 6) is -0.950. The predicted molar refractivity (Wildman–Crippen MR) is 64.6 cm³/mol. The van der Waals surface area contributed by atoms with E-state index in [1.165, 1.54) is 6.08 Å². The second kappa shape index (κ2) is 4.02. The van der Waals surface area contributed by atoms with Gasteiger partial charge >= 0.3 is 5.97 Å². The molecule has 1 aromatic heterocycles. The summed E-state index contributed by atoms with van der Waals surface area (Å²) < 4.78 is 0. The number of aromatic nitrogens is 1. The molecule has 0 saturated heterocycles. The number of carboxylic acids is 1. The zero-order chi connectivity index (χ0) is 11.7. The standard InChI is InChI=1S/C12H10ClNO2/c1-7(5-11(15)16)9-6-14-12-8(9)3-2-4-10(12)13/h2-6,14H,1H3,(H,15,16)/b7-5-. The molecule has 0 atom stereocenters. The van der Waals surface area contributed by atoms with Crippen molar-refractivity contribution in [2.24, 2.45) is 0 Å². The lowest BCUT2D eigenvalue weighted by Crippen LogP contribution is -1.89. The summed E-state index contributed by atoms with van der Waals surface area (Å²) in [6.45, 7) is 1.76. The van der Waals surface area contributed by atoms with Crippen LogP contribution in [0.1, 0.15) is 12.5 Å². The zero-order valence-electron chi connectivity index (χ0n) is 8.62. The number of benzene rings is 1. The van der Waals surface area contributed by atoms with Crippen LogP contribution in [0, 0.1) is 0 Å². The first-order valence-electron chi connectivity index (χ1n) is 4.77. The molecule has 0 fully saturated rings. The molecule has 16 heavy (non-hydrogen) atoms. The van der Waals surface area contributed by atoms with E-state index in [0.29, 0.717) is 10.6 Å². The van der Waals surface area contributed by atoms with Crippen LogP contribution in [0.25, 0.3) is 16.5 Å². The van der Waals surface area contributed by atoms with E-state index in [2.05, 4.69) is 4.98 Å². The van der Waals surface area contributed by atoms with Crippen LogP contribution < -0.4 is 0 Å². The number of carbonyl (C=O) groups is 1. The second-order valence-electron chi connectivity index (χ2n) is 3.53. The Kier molecular flexibility index (Phi) is 2.71. The lowest BCUT2D eigenvalue weighted by Gasteiger charge is -1.98. The molecule has 0 spiro atoms. The van der Waals surface area contributed by atoms with Crippen LogP contribution in [0.4, 0.5) is 0 Å². The second-order valence-corrected chi connectivity index (χ2v) is 3.94. The van der Waals surface area contributed by atoms with Crippen molar-refractivity contribution in [1.82, 2.24) is 4.98 Å². The van der Waals surface area contributed by atoms with Gasteiger partial charge in [-0.15, -0.1) is 0 Å². The molecule has 1 aromatic carbocycles. The Labute approximate surface area is 97.4 Å². The molecule has 0 bridgehead atoms. The number of aliphatic carboxylic acids is 1. The number of nitrogens with one attached hydrogen (secondary N) is 1. The Morgan fingerprint density at radius 1 is 1.50 bits per heavy atom. The molecule has 0 amide bonds. The lowest BCUT2D eigenvalue weighted by atomic mass is 10.1. The van der Waals surface area contributed by atoms with Crippen molar-refractivity contribution in [2.75, 3.05) is 0 Å². The largest absolute Gasteiger partial charge is 0.478 e. The Hall–Kier alpha value is -1.74. The van der Waals surface area contributed by atoms with Crippen molar-refractivity contribution in [3.05, 3.63) is 41.1 Å². The Morgan fingerprint density at radius 2 is 2.25 bits per heavy atom. The monoisotopic (exact) mass is 235 g/mol. The highest BCUT2D eigenvalue weighted by atomic mass is 35.5. The van der Waals surface area contributed by atoms with Gasteiger partial charge in [-0.05, 0) is 18.6 Å². The molecule has 0 aliphatic rings. The van der Waals surface area contributed by atoms with E-state index in [0.717, 1.165) is 16.5 Å². The van der Waals surface area contributed by atoms with Gasteiger partial charge < -0.3 is 10.1 Å². The molecule has 2 rings (SSSR count). The number of allylic oxidation sites excluding steroid dienone is 1. The van der Waals surface area contributed by atoms with E-state index in [1.54, 1.807) is 19.2 Å². The third-order valence-corrected chi connectivity index (χ3v) is 2.74. The van der Waals surface area contributed by atoms with Crippen LogP contribution in [0.15, 0.2) is 30.5 Å². The number of H-pyrrole nitrogens is 1. The summed E-state index contributed by atoms with van der Waals surface area (Å²) in [6, 6.07) is 5.54. The third kappa shape index (κ3) is 1.82. The van der Waals surface area contributed by atoms with Crippen LogP contribution in [0.5, 0.6) is 0 Å². The number of para-hydroxylation sites is 1. The maximum absolute atomic E-state index is 10.6. The highest BCUT2D eigenvalue weighted by Crippen LogP contribution is 2.29. The number of fused-ring (bicyclic) bond motifs is 1. The van der Waals surface area contributed by atoms with Gasteiger partial charge in [0.25, 0.3) is 0 Å². The molecular formula is C12H10ClNO2. The molecule has 0 aliphatic heterocycles. The number of rotatable bonds is 2. The smallest absolute Gasteiger partial charge is 0.328 e. The molecule has 1 heterocycles. The SMILES string of the molecule is C/C(=C/C(=O)O)c1c[nH]c2c(Cl)cccc12. The van der Waals surface area contributed by atoms with Crippen LogP contribution in [0.2, 0.25) is 5.02 Å². The molecule has 0 unspecified atom stereocenters. The van der Waals surface area contributed by atoms with Crippen molar-refractivity contribution in [3.8, 4) is 0 Å². The molecular weight excluding hydrogens is 226 g/mol. The maximum Gasteiger partial charge on any atom is 0.328 e. The summed E-state index contributed by atoms with van der Waals surface area (Å²) in [5.41, 5.74) is 2.39. The van der Waals surface area contributed by atoms with Gasteiger partial charge in [0.2, 0.25) is 0 Å². The lowest BCUT2D eigenvalue weighted by molar-refractivity contribution is -0.131. The predicted octanol–water partition coefficient (Wildman–Crippen LogP) is 3.31. The number of carboxylic acid groups (broad SMARTS) is 1. The first-order valence-corrected chi connectivity index (χ1v) is 5.14. The number of hydrogen-bond donors (Lipinski definition) is 2. The van der Waals surface area contributed by atoms with Gasteiger partial charge in [0.05, 0.1) is 10.5 Å². The summed E-state index contributed by atoms with van der Waals surface area (Å²) in [4.78, 5) is 13.6. The van der Waals surface area contributed by atoms with Crippen LogP contribution >= 0.6 is 11.6 Å². The zero-order valence-corrected chi connectivity index (χ0v) is 9.38. The molecule has 2 aromatic rings. The molecule has 4 heteroatoms. The first kappa shape index (κ1) is 10.8. The number of hydrogen-bond acceptors (Lipinski definition) is 1. The van der Waals surface area contributed by atoms with Crippen molar-refractivity contribution in [3.63, 3.8) is 0 Å². The van der Waals surface area contributed by atoms with E-state index in [1.807, 2.05) is 12.1 Å². The first-order chi connectivity index (χ1) is 7.59. The van der Waals surface area contributed by atoms with Crippen molar-refractivity contribution in [1.29, 1.82) is 0 Å².